The summed E-state index contributed by atoms with van der Waals surface area (Å²) in [6.07, 6.45) is 0. The molecule has 110 valence electrons. The van der Waals surface area contributed by atoms with E-state index in [1.165, 1.54) is 30.3 Å². The summed E-state index contributed by atoms with van der Waals surface area (Å²) >= 11 is 3.21. The number of nitro groups is 1. The summed E-state index contributed by atoms with van der Waals surface area (Å²) in [5.74, 6) is 0.0884. The molecular weight excluding hydrogens is 343 g/mol. The molecule has 2 aromatic rings. The van der Waals surface area contributed by atoms with Crippen LogP contribution in [0.25, 0.3) is 0 Å². The lowest BCUT2D eigenvalue weighted by Crippen LogP contribution is -2.02. The van der Waals surface area contributed by atoms with Crippen molar-refractivity contribution in [1.82, 2.24) is 0 Å². The number of hydrogen-bond donors (Lipinski definition) is 1. The topological polar surface area (TPSA) is 64.4 Å². The maximum absolute atomic E-state index is 13.0. The normalized spacial score (nSPS) is 10.2. The third kappa shape index (κ3) is 3.69. The SMILES string of the molecule is CNc1ccc([N+](=O)[O-])cc1COc1ccc(F)cc1Br. The van der Waals surface area contributed by atoms with Gasteiger partial charge in [-0.2, -0.15) is 0 Å². The van der Waals surface area contributed by atoms with Crippen LogP contribution in [-0.2, 0) is 6.61 Å². The first-order valence-corrected chi connectivity index (χ1v) is 6.83. The highest BCUT2D eigenvalue weighted by molar-refractivity contribution is 9.10. The minimum absolute atomic E-state index is 0.00854. The van der Waals surface area contributed by atoms with Crippen LogP contribution < -0.4 is 10.1 Å². The first-order chi connectivity index (χ1) is 10.0. The molecule has 0 heterocycles. The second kappa shape index (κ2) is 6.53. The number of non-ortho nitro benzene ring substituents is 1. The summed E-state index contributed by atoms with van der Waals surface area (Å²) in [5, 5.41) is 13.8. The molecule has 0 spiro atoms. The van der Waals surface area contributed by atoms with Gasteiger partial charge in [0.25, 0.3) is 5.69 Å². The van der Waals surface area contributed by atoms with Crippen molar-refractivity contribution in [3.63, 3.8) is 0 Å². The van der Waals surface area contributed by atoms with Crippen molar-refractivity contribution in [3.05, 3.63) is 62.4 Å². The minimum Gasteiger partial charge on any atom is -0.488 e. The monoisotopic (exact) mass is 354 g/mol. The summed E-state index contributed by atoms with van der Waals surface area (Å²) in [6.45, 7) is 0.127. The summed E-state index contributed by atoms with van der Waals surface area (Å²) in [4.78, 5) is 10.4. The molecule has 1 N–H and O–H groups in total. The zero-order valence-corrected chi connectivity index (χ0v) is 12.7. The van der Waals surface area contributed by atoms with Gasteiger partial charge in [-0.1, -0.05) is 0 Å². The van der Waals surface area contributed by atoms with Crippen LogP contribution in [0.15, 0.2) is 40.9 Å². The molecule has 0 fully saturated rings. The van der Waals surface area contributed by atoms with Gasteiger partial charge in [-0.15, -0.1) is 0 Å². The Bertz CT molecular complexity index is 679. The van der Waals surface area contributed by atoms with Crippen LogP contribution in [-0.4, -0.2) is 12.0 Å². The molecular formula is C14H12BrFN2O3. The largest absolute Gasteiger partial charge is 0.488 e. The minimum atomic E-state index is -0.462. The number of benzene rings is 2. The van der Waals surface area contributed by atoms with E-state index in [1.54, 1.807) is 13.1 Å². The number of rotatable bonds is 5. The molecule has 5 nitrogen and oxygen atoms in total. The maximum Gasteiger partial charge on any atom is 0.269 e. The Hall–Kier alpha value is -2.15. The molecule has 21 heavy (non-hydrogen) atoms. The van der Waals surface area contributed by atoms with Crippen LogP contribution in [0, 0.1) is 15.9 Å². The zero-order chi connectivity index (χ0) is 15.4. The Kier molecular flexibility index (Phi) is 4.74. The second-order valence-electron chi connectivity index (χ2n) is 4.21. The zero-order valence-electron chi connectivity index (χ0n) is 11.1. The number of anilines is 1. The van der Waals surface area contributed by atoms with Gasteiger partial charge in [0.05, 0.1) is 9.40 Å². The Balaban J connectivity index is 2.22. The summed E-state index contributed by atoms with van der Waals surface area (Å²) in [6, 6.07) is 8.56. The standard InChI is InChI=1S/C14H12BrFN2O3/c1-17-13-4-3-11(18(19)20)6-9(13)8-21-14-5-2-10(16)7-12(14)15/h2-7,17H,8H2,1H3. The quantitative estimate of drug-likeness (QED) is 0.647. The molecule has 0 aliphatic heterocycles. The predicted molar refractivity (Wildman–Crippen MR) is 81.1 cm³/mol. The lowest BCUT2D eigenvalue weighted by Gasteiger charge is -2.12. The fourth-order valence-corrected chi connectivity index (χ4v) is 2.27. The van der Waals surface area contributed by atoms with Crippen molar-refractivity contribution in [2.45, 2.75) is 6.61 Å². The average molecular weight is 355 g/mol. The molecule has 2 aromatic carbocycles. The molecule has 0 atom stereocenters. The van der Waals surface area contributed by atoms with E-state index in [-0.39, 0.29) is 18.1 Å². The molecule has 0 bridgehead atoms. The van der Waals surface area contributed by atoms with Crippen molar-refractivity contribution < 1.29 is 14.1 Å². The van der Waals surface area contributed by atoms with Crippen molar-refractivity contribution in [2.24, 2.45) is 0 Å². The highest BCUT2D eigenvalue weighted by Crippen LogP contribution is 2.28. The van der Waals surface area contributed by atoms with Crippen LogP contribution >= 0.6 is 15.9 Å². The van der Waals surface area contributed by atoms with Gasteiger partial charge >= 0.3 is 0 Å². The smallest absolute Gasteiger partial charge is 0.269 e. The Morgan fingerprint density at radius 2 is 2.10 bits per heavy atom. The Morgan fingerprint density at radius 1 is 1.33 bits per heavy atom. The van der Waals surface area contributed by atoms with E-state index >= 15 is 0 Å². The molecule has 0 amide bonds. The van der Waals surface area contributed by atoms with Gasteiger partial charge in [0, 0.05) is 30.4 Å². The highest BCUT2D eigenvalue weighted by atomic mass is 79.9. The van der Waals surface area contributed by atoms with Gasteiger partial charge in [-0.3, -0.25) is 10.1 Å². The molecule has 0 aliphatic carbocycles. The number of hydrogen-bond acceptors (Lipinski definition) is 4. The number of nitro benzene ring substituents is 1. The maximum atomic E-state index is 13.0. The molecule has 0 radical (unpaired) electrons. The highest BCUT2D eigenvalue weighted by Gasteiger charge is 2.11. The van der Waals surface area contributed by atoms with E-state index in [1.807, 2.05) is 0 Å². The van der Waals surface area contributed by atoms with Gasteiger partial charge < -0.3 is 10.1 Å². The third-order valence-electron chi connectivity index (χ3n) is 2.85. The molecule has 0 aliphatic rings. The fourth-order valence-electron chi connectivity index (χ4n) is 1.80. The van der Waals surface area contributed by atoms with Gasteiger partial charge in [0.2, 0.25) is 0 Å². The van der Waals surface area contributed by atoms with Crippen molar-refractivity contribution in [3.8, 4) is 5.75 Å². The number of nitrogens with zero attached hydrogens (tertiary/aromatic N) is 1. The van der Waals surface area contributed by atoms with Crippen LogP contribution in [0.2, 0.25) is 0 Å². The summed E-state index contributed by atoms with van der Waals surface area (Å²) in [5.41, 5.74) is 1.37. The molecule has 7 heteroatoms. The molecule has 0 unspecified atom stereocenters. The van der Waals surface area contributed by atoms with Crippen LogP contribution in [0.4, 0.5) is 15.8 Å². The first-order valence-electron chi connectivity index (χ1n) is 6.04. The lowest BCUT2D eigenvalue weighted by molar-refractivity contribution is -0.384. The number of halogens is 2. The van der Waals surface area contributed by atoms with Gasteiger partial charge in [0.15, 0.2) is 0 Å². The predicted octanol–water partition coefficient (Wildman–Crippen LogP) is 4.12. The van der Waals surface area contributed by atoms with Crippen molar-refractivity contribution >= 4 is 27.3 Å². The number of nitrogens with one attached hydrogen (secondary N) is 1. The van der Waals surface area contributed by atoms with E-state index in [9.17, 15) is 14.5 Å². The molecule has 2 rings (SSSR count). The van der Waals surface area contributed by atoms with E-state index < -0.39 is 4.92 Å². The molecule has 0 saturated heterocycles. The van der Waals surface area contributed by atoms with Gasteiger partial charge in [-0.25, -0.2) is 4.39 Å². The van der Waals surface area contributed by atoms with Crippen LogP contribution in [0.3, 0.4) is 0 Å². The summed E-state index contributed by atoms with van der Waals surface area (Å²) in [7, 11) is 1.72. The fraction of sp³-hybridized carbons (Fsp3) is 0.143. The third-order valence-corrected chi connectivity index (χ3v) is 3.47. The number of ether oxygens (including phenoxy) is 1. The van der Waals surface area contributed by atoms with Crippen molar-refractivity contribution in [2.75, 3.05) is 12.4 Å². The van der Waals surface area contributed by atoms with E-state index in [2.05, 4.69) is 21.2 Å². The molecule has 0 aromatic heterocycles. The molecule has 0 saturated carbocycles. The van der Waals surface area contributed by atoms with Gasteiger partial charge in [0.1, 0.15) is 18.2 Å². The first kappa shape index (κ1) is 15.2. The average Bonchev–Trinajstić information content (AvgIpc) is 2.46. The van der Waals surface area contributed by atoms with Crippen LogP contribution in [0.5, 0.6) is 5.75 Å². The Labute approximate surface area is 129 Å². The Morgan fingerprint density at radius 3 is 2.71 bits per heavy atom. The lowest BCUT2D eigenvalue weighted by atomic mass is 10.1. The van der Waals surface area contributed by atoms with Crippen molar-refractivity contribution in [1.29, 1.82) is 0 Å². The van der Waals surface area contributed by atoms with Gasteiger partial charge in [-0.05, 0) is 40.2 Å². The van der Waals surface area contributed by atoms with E-state index in [0.717, 1.165) is 5.69 Å². The summed E-state index contributed by atoms with van der Waals surface area (Å²) < 4.78 is 19.1. The van der Waals surface area contributed by atoms with E-state index in [0.29, 0.717) is 15.8 Å². The van der Waals surface area contributed by atoms with Crippen LogP contribution in [0.1, 0.15) is 5.56 Å². The van der Waals surface area contributed by atoms with E-state index in [4.69, 9.17) is 4.74 Å². The second-order valence-corrected chi connectivity index (χ2v) is 5.07.